The van der Waals surface area contributed by atoms with Crippen LogP contribution in [0.3, 0.4) is 0 Å². The molecule has 3 atom stereocenters. The van der Waals surface area contributed by atoms with Gasteiger partial charge >= 0.3 is 5.97 Å². The molecule has 3 unspecified atom stereocenters. The highest BCUT2D eigenvalue weighted by Crippen LogP contribution is 2.42. The summed E-state index contributed by atoms with van der Waals surface area (Å²) in [6, 6.07) is 9.47. The fourth-order valence-corrected chi connectivity index (χ4v) is 4.95. The smallest absolute Gasteiger partial charge is 0.326 e. The lowest BCUT2D eigenvalue weighted by Gasteiger charge is -2.24. The minimum atomic E-state index is -0.931. The Kier molecular flexibility index (Phi) is 4.70. The summed E-state index contributed by atoms with van der Waals surface area (Å²) in [5, 5.41) is 14.3. The molecule has 2 heterocycles. The maximum Gasteiger partial charge on any atom is 0.326 e. The Morgan fingerprint density at radius 2 is 2.00 bits per heavy atom. The lowest BCUT2D eigenvalue weighted by Crippen LogP contribution is -2.43. The average Bonchev–Trinajstić information content (AvgIpc) is 3.37. The lowest BCUT2D eigenvalue weighted by atomic mass is 9.94. The number of carbonyl (C=O) groups is 3. The van der Waals surface area contributed by atoms with E-state index in [0.29, 0.717) is 22.7 Å². The summed E-state index contributed by atoms with van der Waals surface area (Å²) in [4.78, 5) is 39.1. The maximum absolute atomic E-state index is 13.0. The number of rotatable bonds is 4. The first-order valence-electron chi connectivity index (χ1n) is 9.03. The molecule has 140 valence electrons. The van der Waals surface area contributed by atoms with Gasteiger partial charge in [0.1, 0.15) is 6.04 Å². The topological polar surface area (TPSA) is 86.7 Å². The summed E-state index contributed by atoms with van der Waals surface area (Å²) in [7, 11) is 0. The van der Waals surface area contributed by atoms with E-state index in [1.807, 2.05) is 5.38 Å². The molecule has 0 radical (unpaired) electrons. The number of hydrogen-bond acceptors (Lipinski definition) is 4. The molecular formula is C20H20N2O4S. The van der Waals surface area contributed by atoms with Crippen molar-refractivity contribution in [3.8, 4) is 0 Å². The van der Waals surface area contributed by atoms with Crippen LogP contribution < -0.4 is 5.32 Å². The van der Waals surface area contributed by atoms with Gasteiger partial charge < -0.3 is 15.3 Å². The standard InChI is InChI=1S/C20H20N2O4S/c23-18(16-8-3-9-27-16)21-14-6-1-4-12(10-14)19(24)22-11-13-5-2-7-15(13)17(22)20(25)26/h1,3-4,6,8-10,13,15,17H,2,5,7,11H2,(H,21,23)(H,25,26). The van der Waals surface area contributed by atoms with Crippen molar-refractivity contribution in [1.29, 1.82) is 0 Å². The van der Waals surface area contributed by atoms with Gasteiger partial charge in [-0.1, -0.05) is 18.6 Å². The van der Waals surface area contributed by atoms with Crippen LogP contribution in [0.1, 0.15) is 39.3 Å². The van der Waals surface area contributed by atoms with Gasteiger partial charge in [0.05, 0.1) is 4.88 Å². The van der Waals surface area contributed by atoms with Crippen LogP contribution >= 0.6 is 11.3 Å². The Balaban J connectivity index is 1.54. The zero-order valence-electron chi connectivity index (χ0n) is 14.6. The molecule has 1 aliphatic carbocycles. The summed E-state index contributed by atoms with van der Waals surface area (Å²) < 4.78 is 0. The molecule has 1 aromatic heterocycles. The van der Waals surface area contributed by atoms with Crippen LogP contribution in [0.2, 0.25) is 0 Å². The third kappa shape index (κ3) is 3.35. The zero-order valence-corrected chi connectivity index (χ0v) is 15.4. The van der Waals surface area contributed by atoms with Gasteiger partial charge in [-0.2, -0.15) is 0 Å². The number of thiophene rings is 1. The third-order valence-corrected chi connectivity index (χ3v) is 6.39. The molecule has 1 aliphatic heterocycles. The van der Waals surface area contributed by atoms with E-state index in [1.54, 1.807) is 36.4 Å². The van der Waals surface area contributed by atoms with Crippen molar-refractivity contribution in [3.63, 3.8) is 0 Å². The molecule has 2 amide bonds. The largest absolute Gasteiger partial charge is 0.480 e. The van der Waals surface area contributed by atoms with Gasteiger partial charge in [-0.3, -0.25) is 9.59 Å². The quantitative estimate of drug-likeness (QED) is 0.847. The van der Waals surface area contributed by atoms with Gasteiger partial charge in [0, 0.05) is 17.8 Å². The van der Waals surface area contributed by atoms with Gasteiger partial charge in [0.15, 0.2) is 0 Å². The number of carbonyl (C=O) groups excluding carboxylic acids is 2. The Bertz CT molecular complexity index is 880. The van der Waals surface area contributed by atoms with Crippen LogP contribution in [0.5, 0.6) is 0 Å². The summed E-state index contributed by atoms with van der Waals surface area (Å²) >= 11 is 1.34. The van der Waals surface area contributed by atoms with E-state index < -0.39 is 12.0 Å². The van der Waals surface area contributed by atoms with Gasteiger partial charge in [-0.05, 0) is 54.3 Å². The monoisotopic (exact) mass is 384 g/mol. The van der Waals surface area contributed by atoms with Crippen LogP contribution in [0.25, 0.3) is 0 Å². The molecule has 2 aliphatic rings. The Hall–Kier alpha value is -2.67. The third-order valence-electron chi connectivity index (χ3n) is 5.52. The predicted octanol–water partition coefficient (Wildman–Crippen LogP) is 3.33. The first-order valence-corrected chi connectivity index (χ1v) is 9.91. The van der Waals surface area contributed by atoms with Crippen molar-refractivity contribution in [2.24, 2.45) is 11.8 Å². The van der Waals surface area contributed by atoms with E-state index in [2.05, 4.69) is 5.32 Å². The van der Waals surface area contributed by atoms with Crippen molar-refractivity contribution in [2.75, 3.05) is 11.9 Å². The molecule has 0 bridgehead atoms. The SMILES string of the molecule is O=C(Nc1cccc(C(=O)N2CC3CCCC3C2C(=O)O)c1)c1cccs1. The molecule has 0 spiro atoms. The minimum Gasteiger partial charge on any atom is -0.480 e. The number of nitrogens with one attached hydrogen (secondary N) is 1. The molecule has 1 saturated carbocycles. The molecule has 2 fully saturated rings. The number of anilines is 1. The number of fused-ring (bicyclic) bond motifs is 1. The number of amides is 2. The van der Waals surface area contributed by atoms with Gasteiger partial charge in [0.2, 0.25) is 0 Å². The van der Waals surface area contributed by atoms with E-state index in [4.69, 9.17) is 0 Å². The highest BCUT2D eigenvalue weighted by molar-refractivity contribution is 7.12. The minimum absolute atomic E-state index is 0.0492. The van der Waals surface area contributed by atoms with Crippen LogP contribution in [0.15, 0.2) is 41.8 Å². The molecule has 6 nitrogen and oxygen atoms in total. The normalized spacial score (nSPS) is 23.9. The fourth-order valence-electron chi connectivity index (χ4n) is 4.33. The van der Waals surface area contributed by atoms with Crippen molar-refractivity contribution >= 4 is 34.8 Å². The highest BCUT2D eigenvalue weighted by Gasteiger charge is 2.49. The van der Waals surface area contributed by atoms with Crippen molar-refractivity contribution < 1.29 is 19.5 Å². The molecule has 27 heavy (non-hydrogen) atoms. The molecule has 7 heteroatoms. The van der Waals surface area contributed by atoms with Crippen molar-refractivity contribution in [3.05, 3.63) is 52.2 Å². The van der Waals surface area contributed by atoms with Crippen LogP contribution in [-0.4, -0.2) is 40.4 Å². The number of benzene rings is 1. The second-order valence-electron chi connectivity index (χ2n) is 7.11. The van der Waals surface area contributed by atoms with E-state index in [1.165, 1.54) is 16.2 Å². The average molecular weight is 384 g/mol. The Morgan fingerprint density at radius 1 is 1.15 bits per heavy atom. The summed E-state index contributed by atoms with van der Waals surface area (Å²) in [5.41, 5.74) is 0.913. The molecule has 4 rings (SSSR count). The Morgan fingerprint density at radius 3 is 2.74 bits per heavy atom. The Labute approximate surface area is 160 Å². The second kappa shape index (κ2) is 7.15. The number of nitrogens with zero attached hydrogens (tertiary/aromatic N) is 1. The zero-order chi connectivity index (χ0) is 19.0. The summed E-state index contributed by atoms with van der Waals surface area (Å²) in [5.74, 6) is -1.12. The number of likely N-dealkylation sites (tertiary alicyclic amines) is 1. The molecule has 1 aromatic carbocycles. The lowest BCUT2D eigenvalue weighted by molar-refractivity contribution is -0.142. The predicted molar refractivity (Wildman–Crippen MR) is 102 cm³/mol. The van der Waals surface area contributed by atoms with E-state index in [0.717, 1.165) is 19.3 Å². The maximum atomic E-state index is 13.0. The summed E-state index contributed by atoms with van der Waals surface area (Å²) in [6.45, 7) is 0.492. The summed E-state index contributed by atoms with van der Waals surface area (Å²) in [6.07, 6.45) is 2.88. The molecule has 1 saturated heterocycles. The number of carboxylic acids is 1. The first-order chi connectivity index (χ1) is 13.0. The van der Waals surface area contributed by atoms with E-state index in [-0.39, 0.29) is 23.7 Å². The van der Waals surface area contributed by atoms with Gasteiger partial charge in [-0.25, -0.2) is 4.79 Å². The van der Waals surface area contributed by atoms with Crippen LogP contribution in [0.4, 0.5) is 5.69 Å². The van der Waals surface area contributed by atoms with Crippen LogP contribution in [-0.2, 0) is 4.79 Å². The highest BCUT2D eigenvalue weighted by atomic mass is 32.1. The van der Waals surface area contributed by atoms with E-state index in [9.17, 15) is 19.5 Å². The number of hydrogen-bond donors (Lipinski definition) is 2. The molecular weight excluding hydrogens is 364 g/mol. The molecule has 2 aromatic rings. The first kappa shape index (κ1) is 17.7. The van der Waals surface area contributed by atoms with Gasteiger partial charge in [-0.15, -0.1) is 11.3 Å². The number of carboxylic acid groups (broad SMARTS) is 1. The number of aliphatic carboxylic acids is 1. The van der Waals surface area contributed by atoms with E-state index >= 15 is 0 Å². The fraction of sp³-hybridized carbons (Fsp3) is 0.350. The second-order valence-corrected chi connectivity index (χ2v) is 8.06. The van der Waals surface area contributed by atoms with Crippen molar-refractivity contribution in [1.82, 2.24) is 4.90 Å². The van der Waals surface area contributed by atoms with Crippen LogP contribution in [0, 0.1) is 11.8 Å². The van der Waals surface area contributed by atoms with Crippen molar-refractivity contribution in [2.45, 2.75) is 25.3 Å². The molecule has 2 N–H and O–H groups in total. The van der Waals surface area contributed by atoms with Gasteiger partial charge in [0.25, 0.3) is 11.8 Å².